The van der Waals surface area contributed by atoms with Gasteiger partial charge in [0, 0.05) is 19.6 Å². The number of carbonyl (C=O) groups is 1. The number of thioether (sulfide) groups is 1. The Morgan fingerprint density at radius 3 is 2.58 bits per heavy atom. The highest BCUT2D eigenvalue weighted by Gasteiger charge is 2.32. The minimum atomic E-state index is -3.08. The molecule has 3 aromatic rings. The van der Waals surface area contributed by atoms with Crippen LogP contribution in [0, 0.1) is 5.82 Å². The number of nitrogens with zero attached hydrogens (tertiary/aromatic N) is 4. The van der Waals surface area contributed by atoms with Crippen LogP contribution in [-0.4, -0.2) is 64.3 Å². The average Bonchev–Trinajstić information content (AvgIpc) is 3.39. The maximum atomic E-state index is 14.5. The number of aromatic nitrogens is 3. The second-order valence-corrected chi connectivity index (χ2v) is 11.2. The highest BCUT2D eigenvalue weighted by atomic mass is 32.2. The lowest BCUT2D eigenvalue weighted by atomic mass is 10.1. The van der Waals surface area contributed by atoms with Crippen molar-refractivity contribution in [3.63, 3.8) is 0 Å². The fourth-order valence-electron chi connectivity index (χ4n) is 3.84. The quantitative estimate of drug-likeness (QED) is 0.453. The van der Waals surface area contributed by atoms with E-state index in [2.05, 4.69) is 10.2 Å². The SMILES string of the molecule is CN(C(=O)CSc1nnc(-c2ccccc2F)n1CCc1ccccc1)[C@H]1CCS(=O)(=O)C1. The summed E-state index contributed by atoms with van der Waals surface area (Å²) in [5.41, 5.74) is 1.48. The van der Waals surface area contributed by atoms with Gasteiger partial charge in [0.2, 0.25) is 5.91 Å². The second kappa shape index (κ2) is 10.0. The first-order valence-electron chi connectivity index (χ1n) is 10.6. The molecule has 7 nitrogen and oxygen atoms in total. The molecule has 4 rings (SSSR count). The Morgan fingerprint density at radius 2 is 1.88 bits per heavy atom. The van der Waals surface area contributed by atoms with E-state index in [1.807, 2.05) is 34.9 Å². The summed E-state index contributed by atoms with van der Waals surface area (Å²) in [6.07, 6.45) is 1.15. The predicted octanol–water partition coefficient (Wildman–Crippen LogP) is 3.06. The zero-order valence-corrected chi connectivity index (χ0v) is 19.9. The summed E-state index contributed by atoms with van der Waals surface area (Å²) in [4.78, 5) is 14.2. The van der Waals surface area contributed by atoms with Crippen molar-refractivity contribution in [2.75, 3.05) is 24.3 Å². The fourth-order valence-corrected chi connectivity index (χ4v) is 6.50. The van der Waals surface area contributed by atoms with Crippen LogP contribution < -0.4 is 0 Å². The molecular weight excluding hydrogens is 463 g/mol. The van der Waals surface area contributed by atoms with E-state index in [9.17, 15) is 17.6 Å². The molecule has 1 saturated heterocycles. The number of benzene rings is 2. The molecule has 1 aliphatic heterocycles. The van der Waals surface area contributed by atoms with Gasteiger partial charge >= 0.3 is 0 Å². The van der Waals surface area contributed by atoms with Crippen LogP contribution in [0.15, 0.2) is 59.8 Å². The summed E-state index contributed by atoms with van der Waals surface area (Å²) in [7, 11) is -1.44. The Hall–Kier alpha value is -2.72. The van der Waals surface area contributed by atoms with Crippen molar-refractivity contribution in [2.45, 2.75) is 30.6 Å². The number of amides is 1. The zero-order valence-electron chi connectivity index (χ0n) is 18.2. The molecule has 1 aromatic heterocycles. The molecule has 0 saturated carbocycles. The molecule has 10 heteroatoms. The smallest absolute Gasteiger partial charge is 0.233 e. The van der Waals surface area contributed by atoms with Gasteiger partial charge in [0.15, 0.2) is 20.8 Å². The van der Waals surface area contributed by atoms with E-state index in [1.165, 1.54) is 22.7 Å². The van der Waals surface area contributed by atoms with Crippen molar-refractivity contribution < 1.29 is 17.6 Å². The van der Waals surface area contributed by atoms with Crippen LogP contribution >= 0.6 is 11.8 Å². The Balaban J connectivity index is 1.52. The maximum absolute atomic E-state index is 14.5. The van der Waals surface area contributed by atoms with E-state index in [1.54, 1.807) is 25.2 Å². The summed E-state index contributed by atoms with van der Waals surface area (Å²) < 4.78 is 39.8. The minimum absolute atomic E-state index is 0.00456. The third-order valence-electron chi connectivity index (χ3n) is 5.77. The van der Waals surface area contributed by atoms with Gasteiger partial charge in [-0.25, -0.2) is 12.8 Å². The highest BCUT2D eigenvalue weighted by Crippen LogP contribution is 2.27. The first-order valence-corrected chi connectivity index (χ1v) is 13.5. The maximum Gasteiger partial charge on any atom is 0.233 e. The number of carbonyl (C=O) groups excluding carboxylic acids is 1. The van der Waals surface area contributed by atoms with E-state index in [-0.39, 0.29) is 35.0 Å². The van der Waals surface area contributed by atoms with Crippen LogP contribution in [0.1, 0.15) is 12.0 Å². The molecule has 0 N–H and O–H groups in total. The van der Waals surface area contributed by atoms with Crippen LogP contribution in [0.25, 0.3) is 11.4 Å². The monoisotopic (exact) mass is 488 g/mol. The molecule has 0 unspecified atom stereocenters. The van der Waals surface area contributed by atoms with Crippen molar-refractivity contribution in [1.82, 2.24) is 19.7 Å². The molecule has 174 valence electrons. The topological polar surface area (TPSA) is 85.2 Å². The van der Waals surface area contributed by atoms with Crippen molar-refractivity contribution >= 4 is 27.5 Å². The van der Waals surface area contributed by atoms with Crippen molar-refractivity contribution in [3.8, 4) is 11.4 Å². The number of sulfone groups is 1. The largest absolute Gasteiger partial charge is 0.341 e. The average molecular weight is 489 g/mol. The standard InChI is InChI=1S/C23H25FN4O3S2/c1-27(18-12-14-33(30,31)16-18)21(29)15-32-23-26-25-22(19-9-5-6-10-20(19)24)28(23)13-11-17-7-3-2-4-8-17/h2-10,18H,11-16H2,1H3/t18-/m0/s1. The van der Waals surface area contributed by atoms with E-state index in [4.69, 9.17) is 0 Å². The lowest BCUT2D eigenvalue weighted by molar-refractivity contribution is -0.128. The first kappa shape index (κ1) is 23.4. The molecule has 1 fully saturated rings. The molecule has 0 spiro atoms. The normalized spacial score (nSPS) is 17.2. The van der Waals surface area contributed by atoms with E-state index < -0.39 is 9.84 Å². The van der Waals surface area contributed by atoms with Gasteiger partial charge in [0.05, 0.1) is 22.8 Å². The summed E-state index contributed by atoms with van der Waals surface area (Å²) in [5.74, 6) is 0.0581. The number of hydrogen-bond acceptors (Lipinski definition) is 6. The summed E-state index contributed by atoms with van der Waals surface area (Å²) in [6.45, 7) is 0.522. The second-order valence-electron chi connectivity index (χ2n) is 8.02. The number of rotatable bonds is 8. The Kier molecular flexibility index (Phi) is 7.14. The summed E-state index contributed by atoms with van der Waals surface area (Å²) >= 11 is 1.22. The predicted molar refractivity (Wildman–Crippen MR) is 126 cm³/mol. The van der Waals surface area contributed by atoms with Crippen LogP contribution in [0.5, 0.6) is 0 Å². The van der Waals surface area contributed by atoms with Gasteiger partial charge < -0.3 is 9.47 Å². The molecule has 0 radical (unpaired) electrons. The van der Waals surface area contributed by atoms with Crippen molar-refractivity contribution in [1.29, 1.82) is 0 Å². The zero-order chi connectivity index (χ0) is 23.4. The number of aryl methyl sites for hydroxylation is 1. The molecular formula is C23H25FN4O3S2. The molecule has 1 aliphatic rings. The fraction of sp³-hybridized carbons (Fsp3) is 0.348. The van der Waals surface area contributed by atoms with Crippen molar-refractivity contribution in [3.05, 3.63) is 66.0 Å². The van der Waals surface area contributed by atoms with Crippen LogP contribution in [0.4, 0.5) is 4.39 Å². The van der Waals surface area contributed by atoms with Crippen LogP contribution in [0.2, 0.25) is 0 Å². The summed E-state index contributed by atoms with van der Waals surface area (Å²) in [5, 5.41) is 8.99. The van der Waals surface area contributed by atoms with E-state index in [0.717, 1.165) is 5.56 Å². The molecule has 1 amide bonds. The molecule has 33 heavy (non-hydrogen) atoms. The molecule has 0 bridgehead atoms. The first-order chi connectivity index (χ1) is 15.8. The van der Waals surface area contributed by atoms with Gasteiger partial charge in [-0.1, -0.05) is 54.2 Å². The minimum Gasteiger partial charge on any atom is -0.341 e. The number of halogens is 1. The molecule has 1 atom stereocenters. The Bertz CT molecular complexity index is 1230. The lowest BCUT2D eigenvalue weighted by Gasteiger charge is -2.23. The lowest BCUT2D eigenvalue weighted by Crippen LogP contribution is -2.38. The van der Waals surface area contributed by atoms with E-state index >= 15 is 0 Å². The van der Waals surface area contributed by atoms with E-state index in [0.29, 0.717) is 35.9 Å². The third-order valence-corrected chi connectivity index (χ3v) is 8.47. The van der Waals surface area contributed by atoms with Gasteiger partial charge in [-0.15, -0.1) is 10.2 Å². The van der Waals surface area contributed by atoms with Gasteiger partial charge in [-0.2, -0.15) is 0 Å². The Labute approximate surface area is 196 Å². The molecule has 2 aromatic carbocycles. The van der Waals surface area contributed by atoms with Crippen molar-refractivity contribution in [2.24, 2.45) is 0 Å². The van der Waals surface area contributed by atoms with Crippen LogP contribution in [0.3, 0.4) is 0 Å². The molecule has 2 heterocycles. The number of hydrogen-bond donors (Lipinski definition) is 0. The van der Waals surface area contributed by atoms with Gasteiger partial charge in [0.25, 0.3) is 0 Å². The summed E-state index contributed by atoms with van der Waals surface area (Å²) in [6, 6.07) is 16.0. The molecule has 0 aliphatic carbocycles. The third kappa shape index (κ3) is 5.62. The van der Waals surface area contributed by atoms with Crippen LogP contribution in [-0.2, 0) is 27.6 Å². The Morgan fingerprint density at radius 1 is 1.15 bits per heavy atom. The highest BCUT2D eigenvalue weighted by molar-refractivity contribution is 7.99. The van der Waals surface area contributed by atoms with Gasteiger partial charge in [-0.3, -0.25) is 4.79 Å². The van der Waals surface area contributed by atoms with Gasteiger partial charge in [-0.05, 0) is 30.5 Å². The van der Waals surface area contributed by atoms with Gasteiger partial charge in [0.1, 0.15) is 5.82 Å².